The molecule has 23 heavy (non-hydrogen) atoms. The molecule has 1 amide bonds. The van der Waals surface area contributed by atoms with Gasteiger partial charge in [-0.25, -0.2) is 4.98 Å². The Morgan fingerprint density at radius 3 is 3.13 bits per heavy atom. The molecule has 0 spiro atoms. The first-order valence-corrected chi connectivity index (χ1v) is 7.49. The van der Waals surface area contributed by atoms with E-state index in [1.54, 1.807) is 42.5 Å². The molecular weight excluding hydrogens is 292 g/mol. The highest BCUT2D eigenvalue weighted by Gasteiger charge is 2.26. The molecule has 6 heteroatoms. The Balaban J connectivity index is 1.88. The third-order valence-corrected chi connectivity index (χ3v) is 4.00. The number of nitrogens with zero attached hydrogens (tertiary/aromatic N) is 4. The van der Waals surface area contributed by atoms with Crippen LogP contribution in [0.3, 0.4) is 0 Å². The smallest absolute Gasteiger partial charge is 0.254 e. The molecule has 1 unspecified atom stereocenters. The summed E-state index contributed by atoms with van der Waals surface area (Å²) in [6.45, 7) is 2.43. The van der Waals surface area contributed by atoms with Crippen LogP contribution in [0.15, 0.2) is 36.7 Å². The first-order chi connectivity index (χ1) is 11.2. The summed E-state index contributed by atoms with van der Waals surface area (Å²) in [6, 6.07) is 8.87. The fourth-order valence-corrected chi connectivity index (χ4v) is 2.94. The van der Waals surface area contributed by atoms with Gasteiger partial charge in [0.2, 0.25) is 0 Å². The summed E-state index contributed by atoms with van der Waals surface area (Å²) in [5.74, 6) is 0.992. The number of fused-ring (bicyclic) bond motifs is 1. The molecule has 1 atom stereocenters. The van der Waals surface area contributed by atoms with Gasteiger partial charge in [-0.1, -0.05) is 6.07 Å². The van der Waals surface area contributed by atoms with Crippen molar-refractivity contribution in [1.29, 1.82) is 5.26 Å². The lowest BCUT2D eigenvalue weighted by Gasteiger charge is -2.23. The topological polar surface area (TPSA) is 71.2 Å². The molecule has 0 fully saturated rings. The molecule has 0 saturated heterocycles. The summed E-state index contributed by atoms with van der Waals surface area (Å²) in [6.07, 6.45) is 3.69. The zero-order valence-electron chi connectivity index (χ0n) is 13.0. The van der Waals surface area contributed by atoms with Crippen molar-refractivity contribution in [1.82, 2.24) is 14.5 Å². The predicted molar refractivity (Wildman–Crippen MR) is 83.5 cm³/mol. The molecule has 1 aromatic heterocycles. The number of methoxy groups -OCH3 is 1. The zero-order valence-corrected chi connectivity index (χ0v) is 13.0. The van der Waals surface area contributed by atoms with Crippen LogP contribution in [0.1, 0.15) is 21.7 Å². The molecule has 6 nitrogen and oxygen atoms in total. The standard InChI is InChI=1S/C17H18N4O2/c1-23-12-14-9-20-6-5-19-16(20)11-21(10-14)17(22)15-4-2-3-13(7-15)8-18/h2-7,14H,9-12H2,1H3. The number of benzene rings is 1. The molecule has 1 aliphatic heterocycles. The van der Waals surface area contributed by atoms with Crippen LogP contribution in [0.2, 0.25) is 0 Å². The van der Waals surface area contributed by atoms with E-state index < -0.39 is 0 Å². The van der Waals surface area contributed by atoms with E-state index in [0.717, 1.165) is 12.4 Å². The number of hydrogen-bond acceptors (Lipinski definition) is 4. The number of amides is 1. The number of carbonyl (C=O) groups excluding carboxylic acids is 1. The average molecular weight is 310 g/mol. The molecule has 0 aliphatic carbocycles. The van der Waals surface area contributed by atoms with Crippen molar-refractivity contribution >= 4 is 5.91 Å². The maximum atomic E-state index is 12.8. The van der Waals surface area contributed by atoms with Gasteiger partial charge in [-0.05, 0) is 18.2 Å². The highest BCUT2D eigenvalue weighted by molar-refractivity contribution is 5.94. The minimum absolute atomic E-state index is 0.0837. The normalized spacial score (nSPS) is 17.2. The number of hydrogen-bond donors (Lipinski definition) is 0. The monoisotopic (exact) mass is 310 g/mol. The average Bonchev–Trinajstić information content (AvgIpc) is 2.93. The van der Waals surface area contributed by atoms with E-state index in [4.69, 9.17) is 10.00 Å². The van der Waals surface area contributed by atoms with E-state index >= 15 is 0 Å². The Bertz CT molecular complexity index is 747. The van der Waals surface area contributed by atoms with Crippen molar-refractivity contribution in [3.8, 4) is 6.07 Å². The Kier molecular flexibility index (Phi) is 4.40. The van der Waals surface area contributed by atoms with Crippen molar-refractivity contribution in [3.63, 3.8) is 0 Å². The van der Waals surface area contributed by atoms with Crippen molar-refractivity contribution in [2.45, 2.75) is 13.1 Å². The van der Waals surface area contributed by atoms with Gasteiger partial charge in [-0.3, -0.25) is 4.79 Å². The number of aromatic nitrogens is 2. The molecule has 118 valence electrons. The van der Waals surface area contributed by atoms with Crippen LogP contribution >= 0.6 is 0 Å². The Labute approximate surface area is 134 Å². The highest BCUT2D eigenvalue weighted by Crippen LogP contribution is 2.18. The molecule has 0 radical (unpaired) electrons. The van der Waals surface area contributed by atoms with E-state index in [-0.39, 0.29) is 11.8 Å². The third kappa shape index (κ3) is 3.25. The van der Waals surface area contributed by atoms with Crippen molar-refractivity contribution < 1.29 is 9.53 Å². The quantitative estimate of drug-likeness (QED) is 0.864. The van der Waals surface area contributed by atoms with E-state index in [1.165, 1.54) is 0 Å². The summed E-state index contributed by atoms with van der Waals surface area (Å²) in [4.78, 5) is 19.0. The second kappa shape index (κ2) is 6.63. The lowest BCUT2D eigenvalue weighted by Crippen LogP contribution is -2.35. The number of ether oxygens (including phenoxy) is 1. The van der Waals surface area contributed by atoms with Crippen LogP contribution in [0.4, 0.5) is 0 Å². The maximum Gasteiger partial charge on any atom is 0.254 e. The third-order valence-electron chi connectivity index (χ3n) is 4.00. The molecular formula is C17H18N4O2. The van der Waals surface area contributed by atoms with Gasteiger partial charge >= 0.3 is 0 Å². The molecule has 3 rings (SSSR count). The molecule has 2 heterocycles. The van der Waals surface area contributed by atoms with Crippen LogP contribution in [0.5, 0.6) is 0 Å². The van der Waals surface area contributed by atoms with Crippen LogP contribution in [-0.4, -0.2) is 40.6 Å². The van der Waals surface area contributed by atoms with E-state index in [9.17, 15) is 4.79 Å². The van der Waals surface area contributed by atoms with E-state index in [0.29, 0.717) is 30.8 Å². The summed E-state index contributed by atoms with van der Waals surface area (Å²) >= 11 is 0. The van der Waals surface area contributed by atoms with E-state index in [2.05, 4.69) is 15.6 Å². The van der Waals surface area contributed by atoms with Gasteiger partial charge in [0.05, 0.1) is 24.8 Å². The summed E-state index contributed by atoms with van der Waals surface area (Å²) in [5, 5.41) is 9.01. The zero-order chi connectivity index (χ0) is 16.2. The largest absolute Gasteiger partial charge is 0.384 e. The van der Waals surface area contributed by atoms with Gasteiger partial charge in [0.1, 0.15) is 5.82 Å². The predicted octanol–water partition coefficient (Wildman–Crippen LogP) is 1.67. The number of rotatable bonds is 3. The number of carbonyl (C=O) groups is 1. The van der Waals surface area contributed by atoms with Crippen molar-refractivity contribution in [2.24, 2.45) is 5.92 Å². The van der Waals surface area contributed by atoms with Gasteiger partial charge in [0.25, 0.3) is 5.91 Å². The van der Waals surface area contributed by atoms with Crippen LogP contribution in [-0.2, 0) is 17.8 Å². The van der Waals surface area contributed by atoms with Crippen molar-refractivity contribution in [3.05, 3.63) is 53.6 Å². The van der Waals surface area contributed by atoms with Crippen LogP contribution < -0.4 is 0 Å². The van der Waals surface area contributed by atoms with Crippen LogP contribution in [0.25, 0.3) is 0 Å². The fourth-order valence-electron chi connectivity index (χ4n) is 2.94. The van der Waals surface area contributed by atoms with Crippen LogP contribution in [0, 0.1) is 17.2 Å². The van der Waals surface area contributed by atoms with Gasteiger partial charge in [-0.2, -0.15) is 5.26 Å². The lowest BCUT2D eigenvalue weighted by molar-refractivity contribution is 0.0666. The SMILES string of the molecule is COCC1CN(C(=O)c2cccc(C#N)c2)Cc2nccn2C1. The minimum Gasteiger partial charge on any atom is -0.384 e. The summed E-state index contributed by atoms with van der Waals surface area (Å²) < 4.78 is 7.36. The maximum absolute atomic E-state index is 12.8. The summed E-state index contributed by atoms with van der Waals surface area (Å²) in [5.41, 5.74) is 1.01. The molecule has 0 saturated carbocycles. The summed E-state index contributed by atoms with van der Waals surface area (Å²) in [7, 11) is 1.67. The second-order valence-corrected chi connectivity index (χ2v) is 5.70. The molecule has 0 bridgehead atoms. The lowest BCUT2D eigenvalue weighted by atomic mass is 10.1. The molecule has 1 aliphatic rings. The Morgan fingerprint density at radius 2 is 2.35 bits per heavy atom. The highest BCUT2D eigenvalue weighted by atomic mass is 16.5. The van der Waals surface area contributed by atoms with Gasteiger partial charge in [0, 0.05) is 44.1 Å². The minimum atomic E-state index is -0.0837. The van der Waals surface area contributed by atoms with Gasteiger partial charge in [0.15, 0.2) is 0 Å². The molecule has 2 aromatic rings. The first kappa shape index (κ1) is 15.3. The second-order valence-electron chi connectivity index (χ2n) is 5.70. The van der Waals surface area contributed by atoms with Gasteiger partial charge in [-0.15, -0.1) is 0 Å². The first-order valence-electron chi connectivity index (χ1n) is 7.49. The van der Waals surface area contributed by atoms with Gasteiger partial charge < -0.3 is 14.2 Å². The van der Waals surface area contributed by atoms with E-state index in [1.807, 2.05) is 6.20 Å². The number of imidazole rings is 1. The Hall–Kier alpha value is -2.65. The molecule has 1 aromatic carbocycles. The fraction of sp³-hybridized carbons (Fsp3) is 0.353. The number of nitriles is 1. The van der Waals surface area contributed by atoms with Crippen molar-refractivity contribution in [2.75, 3.05) is 20.3 Å². The Morgan fingerprint density at radius 1 is 1.48 bits per heavy atom. The molecule has 0 N–H and O–H groups in total.